The van der Waals surface area contributed by atoms with E-state index in [1.54, 1.807) is 17.9 Å². The molecule has 1 unspecified atom stereocenters. The van der Waals surface area contributed by atoms with Crippen molar-refractivity contribution in [2.45, 2.75) is 32.4 Å². The number of rotatable bonds is 4. The summed E-state index contributed by atoms with van der Waals surface area (Å²) in [6, 6.07) is 14.9. The van der Waals surface area contributed by atoms with Crippen LogP contribution >= 0.6 is 11.3 Å². The maximum atomic E-state index is 13.8. The van der Waals surface area contributed by atoms with Crippen molar-refractivity contribution in [3.63, 3.8) is 0 Å². The first kappa shape index (κ1) is 18.6. The van der Waals surface area contributed by atoms with E-state index >= 15 is 0 Å². The molecule has 3 aromatic rings. The van der Waals surface area contributed by atoms with Crippen LogP contribution in [-0.2, 0) is 17.8 Å². The fraction of sp³-hybridized carbons (Fsp3) is 0.286. The van der Waals surface area contributed by atoms with Crippen LogP contribution in [0.4, 0.5) is 9.52 Å². The summed E-state index contributed by atoms with van der Waals surface area (Å²) in [6.45, 7) is 2.59. The molecule has 7 heteroatoms. The summed E-state index contributed by atoms with van der Waals surface area (Å²) in [5.41, 5.74) is 3.03. The van der Waals surface area contributed by atoms with Gasteiger partial charge in [0.25, 0.3) is 0 Å². The zero-order valence-corrected chi connectivity index (χ0v) is 16.4. The summed E-state index contributed by atoms with van der Waals surface area (Å²) < 4.78 is 13.8. The van der Waals surface area contributed by atoms with Gasteiger partial charge in [0, 0.05) is 26.4 Å². The molecular formula is C21H21FN4OS. The Morgan fingerprint density at radius 3 is 2.86 bits per heavy atom. The van der Waals surface area contributed by atoms with Crippen LogP contribution in [0.2, 0.25) is 0 Å². The second-order valence-electron chi connectivity index (χ2n) is 6.93. The van der Waals surface area contributed by atoms with Gasteiger partial charge < -0.3 is 10.2 Å². The molecule has 1 aliphatic rings. The average molecular weight is 396 g/mol. The molecule has 0 saturated heterocycles. The SMILES string of the molecule is CC(=O)N1CCC(Nc2nnc(Cc3ccccc3)s2)c2ccc(F)cc2C1. The lowest BCUT2D eigenvalue weighted by Gasteiger charge is -2.19. The lowest BCUT2D eigenvalue weighted by atomic mass is 9.99. The Labute approximate surface area is 167 Å². The number of anilines is 1. The maximum Gasteiger partial charge on any atom is 0.219 e. The van der Waals surface area contributed by atoms with Gasteiger partial charge in [-0.3, -0.25) is 4.79 Å². The van der Waals surface area contributed by atoms with Gasteiger partial charge in [-0.15, -0.1) is 10.2 Å². The number of benzene rings is 2. The minimum absolute atomic E-state index is 0.00285. The summed E-state index contributed by atoms with van der Waals surface area (Å²) in [4.78, 5) is 13.6. The number of aromatic nitrogens is 2. The third-order valence-electron chi connectivity index (χ3n) is 4.94. The number of nitrogens with one attached hydrogen (secondary N) is 1. The van der Waals surface area contributed by atoms with Gasteiger partial charge >= 0.3 is 0 Å². The van der Waals surface area contributed by atoms with Crippen LogP contribution in [0.5, 0.6) is 0 Å². The van der Waals surface area contributed by atoms with Crippen molar-refractivity contribution in [3.8, 4) is 0 Å². The van der Waals surface area contributed by atoms with E-state index in [1.807, 2.05) is 18.2 Å². The average Bonchev–Trinajstić information content (AvgIpc) is 3.03. The van der Waals surface area contributed by atoms with E-state index in [2.05, 4.69) is 27.6 Å². The molecular weight excluding hydrogens is 375 g/mol. The molecule has 2 aromatic carbocycles. The number of nitrogens with zero attached hydrogens (tertiary/aromatic N) is 3. The maximum absolute atomic E-state index is 13.8. The summed E-state index contributed by atoms with van der Waals surface area (Å²) >= 11 is 1.53. The highest BCUT2D eigenvalue weighted by Crippen LogP contribution is 2.31. The highest BCUT2D eigenvalue weighted by atomic mass is 32.1. The second-order valence-corrected chi connectivity index (χ2v) is 7.99. The predicted molar refractivity (Wildman–Crippen MR) is 108 cm³/mol. The third-order valence-corrected chi connectivity index (χ3v) is 5.79. The highest BCUT2D eigenvalue weighted by Gasteiger charge is 2.25. The third kappa shape index (κ3) is 4.20. The summed E-state index contributed by atoms with van der Waals surface area (Å²) in [7, 11) is 0. The van der Waals surface area contributed by atoms with E-state index < -0.39 is 0 Å². The van der Waals surface area contributed by atoms with Crippen LogP contribution in [-0.4, -0.2) is 27.5 Å². The molecule has 1 N–H and O–H groups in total. The summed E-state index contributed by atoms with van der Waals surface area (Å²) in [5.74, 6) is -0.291. The lowest BCUT2D eigenvalue weighted by Crippen LogP contribution is -2.28. The normalized spacial score (nSPS) is 16.4. The van der Waals surface area contributed by atoms with Crippen LogP contribution in [0.25, 0.3) is 0 Å². The van der Waals surface area contributed by atoms with Gasteiger partial charge in [0.05, 0.1) is 6.04 Å². The fourth-order valence-electron chi connectivity index (χ4n) is 3.50. The van der Waals surface area contributed by atoms with E-state index in [4.69, 9.17) is 0 Å². The molecule has 2 heterocycles. The van der Waals surface area contributed by atoms with Crippen molar-refractivity contribution < 1.29 is 9.18 Å². The van der Waals surface area contributed by atoms with Crippen LogP contribution in [0.3, 0.4) is 0 Å². The lowest BCUT2D eigenvalue weighted by molar-refractivity contribution is -0.129. The van der Waals surface area contributed by atoms with Crippen LogP contribution < -0.4 is 5.32 Å². The van der Waals surface area contributed by atoms with E-state index in [-0.39, 0.29) is 17.8 Å². The largest absolute Gasteiger partial charge is 0.353 e. The minimum Gasteiger partial charge on any atom is -0.353 e. The first-order valence-electron chi connectivity index (χ1n) is 9.25. The van der Waals surface area contributed by atoms with Crippen molar-refractivity contribution >= 4 is 22.4 Å². The number of carbonyl (C=O) groups is 1. The van der Waals surface area contributed by atoms with Crippen molar-refractivity contribution in [3.05, 3.63) is 76.0 Å². The molecule has 0 fully saturated rings. The Hall–Kier alpha value is -2.80. The van der Waals surface area contributed by atoms with Gasteiger partial charge in [-0.05, 0) is 35.2 Å². The molecule has 1 aromatic heterocycles. The zero-order chi connectivity index (χ0) is 19.5. The van der Waals surface area contributed by atoms with E-state index in [9.17, 15) is 9.18 Å². The molecule has 0 spiro atoms. The molecule has 1 aliphatic heterocycles. The molecule has 1 amide bonds. The molecule has 1 atom stereocenters. The van der Waals surface area contributed by atoms with Crippen LogP contribution in [0, 0.1) is 5.82 Å². The Bertz CT molecular complexity index is 976. The quantitative estimate of drug-likeness (QED) is 0.719. The van der Waals surface area contributed by atoms with Gasteiger partial charge in [0.15, 0.2) is 0 Å². The molecule has 144 valence electrons. The Morgan fingerprint density at radius 2 is 2.07 bits per heavy atom. The van der Waals surface area contributed by atoms with Crippen LogP contribution in [0.15, 0.2) is 48.5 Å². The molecule has 28 heavy (non-hydrogen) atoms. The summed E-state index contributed by atoms with van der Waals surface area (Å²) in [6.07, 6.45) is 1.47. The number of hydrogen-bond acceptors (Lipinski definition) is 5. The Morgan fingerprint density at radius 1 is 1.25 bits per heavy atom. The topological polar surface area (TPSA) is 58.1 Å². The minimum atomic E-state index is -0.288. The van der Waals surface area contributed by atoms with E-state index in [0.717, 1.165) is 34.1 Å². The number of hydrogen-bond donors (Lipinski definition) is 1. The molecule has 0 saturated carbocycles. The fourth-order valence-corrected chi connectivity index (χ4v) is 4.32. The smallest absolute Gasteiger partial charge is 0.219 e. The second kappa shape index (κ2) is 8.06. The van der Waals surface area contributed by atoms with Crippen molar-refractivity contribution in [2.24, 2.45) is 0 Å². The van der Waals surface area contributed by atoms with Gasteiger partial charge in [0.2, 0.25) is 11.0 Å². The monoisotopic (exact) mass is 396 g/mol. The Kier molecular flexibility index (Phi) is 5.34. The van der Waals surface area contributed by atoms with Crippen molar-refractivity contribution in [2.75, 3.05) is 11.9 Å². The number of amides is 1. The molecule has 5 nitrogen and oxygen atoms in total. The van der Waals surface area contributed by atoms with Gasteiger partial charge in [-0.25, -0.2) is 4.39 Å². The number of carbonyl (C=O) groups excluding carboxylic acids is 1. The van der Waals surface area contributed by atoms with Crippen molar-refractivity contribution in [1.29, 1.82) is 0 Å². The standard InChI is InChI=1S/C21H21FN4OS/c1-14(27)26-10-9-19(18-8-7-17(22)12-16(18)13-26)23-21-25-24-20(28-21)11-15-5-3-2-4-6-15/h2-8,12,19H,9-11,13H2,1H3,(H,23,25). The zero-order valence-electron chi connectivity index (χ0n) is 15.6. The van der Waals surface area contributed by atoms with Gasteiger partial charge in [0.1, 0.15) is 10.8 Å². The first-order chi connectivity index (χ1) is 13.6. The van der Waals surface area contributed by atoms with E-state index in [1.165, 1.54) is 29.0 Å². The molecule has 0 aliphatic carbocycles. The van der Waals surface area contributed by atoms with E-state index in [0.29, 0.717) is 13.1 Å². The number of halogens is 1. The molecule has 0 bridgehead atoms. The Balaban J connectivity index is 1.54. The highest BCUT2D eigenvalue weighted by molar-refractivity contribution is 7.15. The molecule has 4 rings (SSSR count). The first-order valence-corrected chi connectivity index (χ1v) is 10.1. The van der Waals surface area contributed by atoms with Crippen molar-refractivity contribution in [1.82, 2.24) is 15.1 Å². The predicted octanol–water partition coefficient (Wildman–Crippen LogP) is 4.17. The number of fused-ring (bicyclic) bond motifs is 1. The summed E-state index contributed by atoms with van der Waals surface area (Å²) in [5, 5.41) is 13.7. The van der Waals surface area contributed by atoms with Gasteiger partial charge in [-0.2, -0.15) is 0 Å². The molecule has 0 radical (unpaired) electrons. The van der Waals surface area contributed by atoms with Gasteiger partial charge in [-0.1, -0.05) is 47.7 Å². The van der Waals surface area contributed by atoms with Crippen LogP contribution in [0.1, 0.15) is 41.1 Å².